The maximum Gasteiger partial charge on any atom is 0.203 e. The number of carbonyl (C=O) groups is 3. The number of aliphatic hydroxyl groups is 3. The van der Waals surface area contributed by atoms with Crippen molar-refractivity contribution in [1.29, 1.82) is 0 Å². The largest absolute Gasteiger partial charge is 0.508 e. The summed E-state index contributed by atoms with van der Waals surface area (Å²) in [4.78, 5) is 40.8. The Kier molecular flexibility index (Phi) is 7.83. The number of carbonyl (C=O) groups excluding carboxylic acids is 3. The number of fused-ring (bicyclic) bond motifs is 3. The third-order valence-electron chi connectivity index (χ3n) is 10.9. The number of phenolic OH excluding ortho intramolecular Hbond substituents is 1. The van der Waals surface area contributed by atoms with E-state index in [4.69, 9.17) is 0 Å². The summed E-state index contributed by atoms with van der Waals surface area (Å²) in [7, 11) is 0. The van der Waals surface area contributed by atoms with E-state index in [1.807, 2.05) is 37.3 Å². The first-order valence-electron chi connectivity index (χ1n) is 16.3. The van der Waals surface area contributed by atoms with E-state index in [0.29, 0.717) is 5.56 Å². The molecule has 1 unspecified atom stereocenters. The van der Waals surface area contributed by atoms with Crippen LogP contribution in [0.25, 0.3) is 16.9 Å². The normalized spacial score (nSPS) is 27.1. The molecule has 1 fully saturated rings. The molecule has 0 heterocycles. The van der Waals surface area contributed by atoms with Crippen LogP contribution in [0.15, 0.2) is 83.6 Å². The van der Waals surface area contributed by atoms with Crippen LogP contribution >= 0.6 is 0 Å². The van der Waals surface area contributed by atoms with Crippen LogP contribution in [-0.2, 0) is 33.6 Å². The quantitative estimate of drug-likeness (QED) is 0.205. The molecule has 1 saturated carbocycles. The monoisotopic (exact) mass is 634 g/mol. The molecule has 47 heavy (non-hydrogen) atoms. The van der Waals surface area contributed by atoms with Crippen molar-refractivity contribution in [1.82, 2.24) is 0 Å². The fourth-order valence-electron chi connectivity index (χ4n) is 8.98. The van der Waals surface area contributed by atoms with Crippen molar-refractivity contribution in [2.45, 2.75) is 72.3 Å². The summed E-state index contributed by atoms with van der Waals surface area (Å²) in [6, 6.07) is 21.9. The molecule has 6 rings (SSSR count). The second kappa shape index (κ2) is 11.3. The number of benzene rings is 3. The molecule has 0 radical (unpaired) electrons. The lowest BCUT2D eigenvalue weighted by atomic mass is 9.43. The number of hydrogen-bond donors (Lipinski definition) is 4. The highest BCUT2D eigenvalue weighted by molar-refractivity contribution is 6.24. The fourth-order valence-corrected chi connectivity index (χ4v) is 8.98. The summed E-state index contributed by atoms with van der Waals surface area (Å²) in [5.41, 5.74) is -0.967. The average Bonchev–Trinajstić information content (AvgIpc) is 3.00. The number of ketones is 3. The van der Waals surface area contributed by atoms with Crippen LogP contribution in [0.5, 0.6) is 5.75 Å². The number of hydrogen-bond acceptors (Lipinski definition) is 7. The number of Topliss-reactive ketones (excluding diaryl/α,β-unsaturated/α-hetero) is 3. The molecular formula is C40H42O7. The van der Waals surface area contributed by atoms with Gasteiger partial charge in [0.15, 0.2) is 17.2 Å². The van der Waals surface area contributed by atoms with Crippen molar-refractivity contribution in [2.24, 2.45) is 22.7 Å². The number of aryl methyl sites for hydroxylation is 2. The number of allylic oxidation sites excluding steroid dienone is 1. The van der Waals surface area contributed by atoms with Crippen LogP contribution in [0.4, 0.5) is 0 Å². The van der Waals surface area contributed by atoms with Gasteiger partial charge in [-0.1, -0.05) is 88.4 Å². The first-order valence-corrected chi connectivity index (χ1v) is 16.3. The third kappa shape index (κ3) is 4.77. The maximum absolute atomic E-state index is 14.5. The van der Waals surface area contributed by atoms with Gasteiger partial charge in [0, 0.05) is 22.3 Å². The van der Waals surface area contributed by atoms with Gasteiger partial charge < -0.3 is 20.4 Å². The van der Waals surface area contributed by atoms with Crippen LogP contribution < -0.4 is 0 Å². The molecule has 4 atom stereocenters. The van der Waals surface area contributed by atoms with E-state index in [1.165, 1.54) is 17.2 Å². The topological polar surface area (TPSA) is 132 Å². The van der Waals surface area contributed by atoms with Crippen LogP contribution in [0.1, 0.15) is 69.7 Å². The second-order valence-corrected chi connectivity index (χ2v) is 14.5. The van der Waals surface area contributed by atoms with Crippen molar-refractivity contribution < 1.29 is 34.8 Å². The molecule has 7 heteroatoms. The highest BCUT2D eigenvalue weighted by Crippen LogP contribution is 2.65. The lowest BCUT2D eigenvalue weighted by Crippen LogP contribution is -2.69. The van der Waals surface area contributed by atoms with Crippen molar-refractivity contribution in [2.75, 3.05) is 0 Å². The van der Waals surface area contributed by atoms with Gasteiger partial charge >= 0.3 is 0 Å². The molecule has 7 nitrogen and oxygen atoms in total. The van der Waals surface area contributed by atoms with E-state index in [-0.39, 0.29) is 35.6 Å². The van der Waals surface area contributed by atoms with Crippen molar-refractivity contribution in [3.05, 3.63) is 106 Å². The van der Waals surface area contributed by atoms with Gasteiger partial charge in [0.25, 0.3) is 0 Å². The average molecular weight is 635 g/mol. The van der Waals surface area contributed by atoms with E-state index < -0.39 is 56.8 Å². The SMILES string of the molecule is CC(=O)C1=C(O)[C@]2(O)C(=O)C3=C(O)c4c(O)ccc(-c5ccc(CCCc6ccccc6)cc5)c4C[C@]3(C)C[C@]2(C)C(C(C)C)C1=O. The fraction of sp³-hybridized carbons (Fsp3) is 0.375. The van der Waals surface area contributed by atoms with Crippen molar-refractivity contribution in [3.8, 4) is 16.9 Å². The summed E-state index contributed by atoms with van der Waals surface area (Å²) >= 11 is 0. The lowest BCUT2D eigenvalue weighted by molar-refractivity contribution is -0.178. The van der Waals surface area contributed by atoms with Gasteiger partial charge in [-0.05, 0) is 78.8 Å². The minimum absolute atomic E-state index is 0.0559. The number of phenols is 1. The zero-order valence-corrected chi connectivity index (χ0v) is 27.6. The molecule has 0 spiro atoms. The Balaban J connectivity index is 1.43. The summed E-state index contributed by atoms with van der Waals surface area (Å²) in [5, 5.41) is 46.5. The molecule has 0 amide bonds. The van der Waals surface area contributed by atoms with Gasteiger partial charge in [0.1, 0.15) is 22.8 Å². The van der Waals surface area contributed by atoms with Gasteiger partial charge in [-0.3, -0.25) is 14.4 Å². The molecule has 4 N–H and O–H groups in total. The van der Waals surface area contributed by atoms with Crippen molar-refractivity contribution in [3.63, 3.8) is 0 Å². The van der Waals surface area contributed by atoms with E-state index in [0.717, 1.165) is 37.3 Å². The second-order valence-electron chi connectivity index (χ2n) is 14.5. The predicted molar refractivity (Wildman–Crippen MR) is 180 cm³/mol. The number of aromatic hydroxyl groups is 1. The van der Waals surface area contributed by atoms with Gasteiger partial charge in [-0.25, -0.2) is 0 Å². The van der Waals surface area contributed by atoms with Gasteiger partial charge in [-0.15, -0.1) is 0 Å². The number of rotatable bonds is 7. The van der Waals surface area contributed by atoms with Gasteiger partial charge in [0.2, 0.25) is 5.78 Å². The molecule has 3 aliphatic carbocycles. The minimum Gasteiger partial charge on any atom is -0.508 e. The van der Waals surface area contributed by atoms with Crippen molar-refractivity contribution >= 4 is 23.1 Å². The highest BCUT2D eigenvalue weighted by atomic mass is 16.3. The van der Waals surface area contributed by atoms with Crippen LogP contribution in [0, 0.1) is 22.7 Å². The Labute approximate surface area is 275 Å². The first-order chi connectivity index (χ1) is 22.2. The van der Waals surface area contributed by atoms with E-state index >= 15 is 0 Å². The van der Waals surface area contributed by atoms with Gasteiger partial charge in [-0.2, -0.15) is 0 Å². The zero-order valence-electron chi connectivity index (χ0n) is 27.6. The highest BCUT2D eigenvalue weighted by Gasteiger charge is 2.72. The Morgan fingerprint density at radius 2 is 1.51 bits per heavy atom. The summed E-state index contributed by atoms with van der Waals surface area (Å²) in [6.07, 6.45) is 3.20. The molecule has 0 saturated heterocycles. The molecule has 3 aromatic rings. The maximum atomic E-state index is 14.5. The van der Waals surface area contributed by atoms with Crippen LogP contribution in [0.3, 0.4) is 0 Å². The molecule has 3 aliphatic rings. The molecule has 0 bridgehead atoms. The van der Waals surface area contributed by atoms with E-state index in [2.05, 4.69) is 24.3 Å². The molecular weight excluding hydrogens is 592 g/mol. The Morgan fingerprint density at radius 1 is 0.894 bits per heavy atom. The Bertz CT molecular complexity index is 1870. The number of aliphatic hydroxyl groups excluding tert-OH is 2. The van der Waals surface area contributed by atoms with Gasteiger partial charge in [0.05, 0.1) is 5.56 Å². The smallest absolute Gasteiger partial charge is 0.203 e. The molecule has 0 aliphatic heterocycles. The Morgan fingerprint density at radius 3 is 2.11 bits per heavy atom. The summed E-state index contributed by atoms with van der Waals surface area (Å²) < 4.78 is 0. The molecule has 3 aromatic carbocycles. The molecule has 0 aromatic heterocycles. The van der Waals surface area contributed by atoms with E-state index in [9.17, 15) is 34.8 Å². The zero-order chi connectivity index (χ0) is 34.1. The third-order valence-corrected chi connectivity index (χ3v) is 10.9. The van der Waals surface area contributed by atoms with Crippen LogP contribution in [0.2, 0.25) is 0 Å². The first kappa shape index (κ1) is 32.5. The summed E-state index contributed by atoms with van der Waals surface area (Å²) in [5.74, 6) is -5.28. The lowest BCUT2D eigenvalue weighted by Gasteiger charge is -2.59. The molecule has 244 valence electrons. The standard InChI is InChI=1S/C40H42O7/c1-22(2)32-34(43)30(23(3)41)36(45)40(47)37(46)33-35(44)31-28(20-38(33,4)21-39(32,40)5)27(18-19-29(31)42)26-16-14-25(15-17-26)13-9-12-24-10-7-6-8-11-24/h6-8,10-11,14-19,22,32,42,44-45,47H,9,12-13,20-21H2,1-5H3/t32?,38-,39-,40+/m1/s1. The predicted octanol–water partition coefficient (Wildman–Crippen LogP) is 7.03. The Hall–Kier alpha value is -4.49. The summed E-state index contributed by atoms with van der Waals surface area (Å²) in [6.45, 7) is 8.14. The van der Waals surface area contributed by atoms with E-state index in [1.54, 1.807) is 26.8 Å². The minimum atomic E-state index is -2.62. The van der Waals surface area contributed by atoms with Crippen LogP contribution in [-0.4, -0.2) is 43.4 Å².